The molecule has 3 heteroatoms. The average Bonchev–Trinajstić information content (AvgIpc) is 2.32. The summed E-state index contributed by atoms with van der Waals surface area (Å²) in [5.74, 6) is 1.90. The summed E-state index contributed by atoms with van der Waals surface area (Å²) in [4.78, 5) is 14.7. The zero-order valence-corrected chi connectivity index (χ0v) is 12.1. The van der Waals surface area contributed by atoms with Gasteiger partial charge in [0.2, 0.25) is 5.91 Å². The summed E-state index contributed by atoms with van der Waals surface area (Å²) in [6, 6.07) is 0.628. The maximum absolute atomic E-state index is 12.6. The molecule has 0 spiro atoms. The fourth-order valence-electron chi connectivity index (χ4n) is 3.55. The fraction of sp³-hybridized carbons (Fsp3) is 0.933. The molecule has 2 aliphatic rings. The van der Waals surface area contributed by atoms with Crippen molar-refractivity contribution in [3.8, 4) is 0 Å². The van der Waals surface area contributed by atoms with Crippen molar-refractivity contribution in [2.24, 2.45) is 23.5 Å². The second-order valence-corrected chi connectivity index (χ2v) is 6.66. The summed E-state index contributed by atoms with van der Waals surface area (Å²) >= 11 is 0. The van der Waals surface area contributed by atoms with Gasteiger partial charge in [-0.25, -0.2) is 0 Å². The van der Waals surface area contributed by atoms with Crippen LogP contribution >= 0.6 is 0 Å². The number of carbonyl (C=O) groups excluding carboxylic acids is 1. The summed E-state index contributed by atoms with van der Waals surface area (Å²) in [6.45, 7) is 7.63. The van der Waals surface area contributed by atoms with Crippen LogP contribution in [0.3, 0.4) is 0 Å². The van der Waals surface area contributed by atoms with Crippen LogP contribution in [-0.4, -0.2) is 29.4 Å². The highest BCUT2D eigenvalue weighted by atomic mass is 16.2. The number of piperidine rings is 1. The first-order valence-corrected chi connectivity index (χ1v) is 7.55. The molecule has 5 atom stereocenters. The quantitative estimate of drug-likeness (QED) is 0.779. The fourth-order valence-corrected chi connectivity index (χ4v) is 3.55. The van der Waals surface area contributed by atoms with Crippen LogP contribution in [0.25, 0.3) is 0 Å². The molecular weight excluding hydrogens is 224 g/mol. The Morgan fingerprint density at radius 2 is 1.83 bits per heavy atom. The molecule has 104 valence electrons. The normalized spacial score (nSPS) is 41.8. The van der Waals surface area contributed by atoms with Crippen LogP contribution in [0.4, 0.5) is 0 Å². The van der Waals surface area contributed by atoms with Gasteiger partial charge in [-0.05, 0) is 50.9 Å². The van der Waals surface area contributed by atoms with Gasteiger partial charge in [-0.15, -0.1) is 0 Å². The summed E-state index contributed by atoms with van der Waals surface area (Å²) < 4.78 is 0. The molecule has 0 radical (unpaired) electrons. The van der Waals surface area contributed by atoms with Gasteiger partial charge < -0.3 is 10.6 Å². The molecule has 2 N–H and O–H groups in total. The monoisotopic (exact) mass is 252 g/mol. The number of hydrogen-bond acceptors (Lipinski definition) is 2. The lowest BCUT2D eigenvalue weighted by atomic mass is 9.78. The van der Waals surface area contributed by atoms with Gasteiger partial charge in [-0.2, -0.15) is 0 Å². The van der Waals surface area contributed by atoms with Crippen molar-refractivity contribution in [3.63, 3.8) is 0 Å². The Morgan fingerprint density at radius 1 is 1.11 bits per heavy atom. The Labute approximate surface area is 111 Å². The minimum absolute atomic E-state index is 0.187. The van der Waals surface area contributed by atoms with Crippen LogP contribution in [0.15, 0.2) is 0 Å². The van der Waals surface area contributed by atoms with Crippen LogP contribution < -0.4 is 5.73 Å². The maximum atomic E-state index is 12.6. The molecule has 5 unspecified atom stereocenters. The zero-order chi connectivity index (χ0) is 13.3. The highest BCUT2D eigenvalue weighted by molar-refractivity contribution is 5.79. The molecule has 1 saturated carbocycles. The minimum atomic E-state index is 0.187. The average molecular weight is 252 g/mol. The van der Waals surface area contributed by atoms with Gasteiger partial charge in [-0.1, -0.05) is 13.8 Å². The van der Waals surface area contributed by atoms with Crippen LogP contribution in [-0.2, 0) is 4.79 Å². The number of amides is 1. The summed E-state index contributed by atoms with van der Waals surface area (Å²) in [5.41, 5.74) is 6.12. The highest BCUT2D eigenvalue weighted by Gasteiger charge is 2.35. The van der Waals surface area contributed by atoms with Crippen molar-refractivity contribution in [3.05, 3.63) is 0 Å². The van der Waals surface area contributed by atoms with E-state index < -0.39 is 0 Å². The molecule has 1 amide bonds. The van der Waals surface area contributed by atoms with E-state index in [1.807, 2.05) is 0 Å². The Morgan fingerprint density at radius 3 is 2.44 bits per heavy atom. The van der Waals surface area contributed by atoms with E-state index >= 15 is 0 Å². The number of carbonyl (C=O) groups is 1. The lowest BCUT2D eigenvalue weighted by molar-refractivity contribution is -0.141. The van der Waals surface area contributed by atoms with Crippen LogP contribution in [0, 0.1) is 17.8 Å². The van der Waals surface area contributed by atoms with Gasteiger partial charge in [0, 0.05) is 24.5 Å². The molecule has 0 bridgehead atoms. The maximum Gasteiger partial charge on any atom is 0.225 e. The van der Waals surface area contributed by atoms with E-state index in [9.17, 15) is 4.79 Å². The molecule has 1 aliphatic carbocycles. The summed E-state index contributed by atoms with van der Waals surface area (Å²) in [7, 11) is 0. The molecule has 0 aromatic heterocycles. The summed E-state index contributed by atoms with van der Waals surface area (Å²) in [6.07, 6.45) is 5.34. The van der Waals surface area contributed by atoms with E-state index in [4.69, 9.17) is 5.73 Å². The van der Waals surface area contributed by atoms with Gasteiger partial charge in [0.05, 0.1) is 0 Å². The summed E-state index contributed by atoms with van der Waals surface area (Å²) in [5, 5.41) is 0. The predicted molar refractivity (Wildman–Crippen MR) is 74.1 cm³/mol. The van der Waals surface area contributed by atoms with Crippen molar-refractivity contribution in [1.82, 2.24) is 4.90 Å². The number of nitrogens with two attached hydrogens (primary N) is 1. The van der Waals surface area contributed by atoms with E-state index in [0.29, 0.717) is 17.9 Å². The Kier molecular flexibility index (Phi) is 4.31. The van der Waals surface area contributed by atoms with E-state index in [1.165, 1.54) is 0 Å². The Bertz CT molecular complexity index is 305. The third-order valence-electron chi connectivity index (χ3n) is 5.03. The topological polar surface area (TPSA) is 46.3 Å². The van der Waals surface area contributed by atoms with Gasteiger partial charge in [-0.3, -0.25) is 4.79 Å². The molecule has 2 rings (SSSR count). The number of likely N-dealkylation sites (tertiary alicyclic amines) is 1. The predicted octanol–water partition coefficient (Wildman–Crippen LogP) is 2.40. The first-order chi connectivity index (χ1) is 8.49. The van der Waals surface area contributed by atoms with Crippen molar-refractivity contribution in [2.75, 3.05) is 6.54 Å². The largest absolute Gasteiger partial charge is 0.340 e. The van der Waals surface area contributed by atoms with Crippen molar-refractivity contribution in [2.45, 2.75) is 65.0 Å². The lowest BCUT2D eigenvalue weighted by Crippen LogP contribution is -2.49. The SMILES string of the molecule is CC1CCN(C(=O)C2CCC(C)C(N)C2)C(C)C1. The first kappa shape index (κ1) is 13.9. The molecule has 2 fully saturated rings. The first-order valence-electron chi connectivity index (χ1n) is 7.55. The van der Waals surface area contributed by atoms with Gasteiger partial charge in [0.1, 0.15) is 0 Å². The molecular formula is C15H28N2O. The van der Waals surface area contributed by atoms with E-state index in [2.05, 4.69) is 25.7 Å². The van der Waals surface area contributed by atoms with Crippen molar-refractivity contribution >= 4 is 5.91 Å². The van der Waals surface area contributed by atoms with Crippen LogP contribution in [0.2, 0.25) is 0 Å². The Balaban J connectivity index is 1.95. The smallest absolute Gasteiger partial charge is 0.225 e. The van der Waals surface area contributed by atoms with Gasteiger partial charge >= 0.3 is 0 Å². The van der Waals surface area contributed by atoms with E-state index in [1.54, 1.807) is 0 Å². The number of nitrogens with zero attached hydrogens (tertiary/aromatic N) is 1. The third kappa shape index (κ3) is 2.87. The zero-order valence-electron chi connectivity index (χ0n) is 12.1. The van der Waals surface area contributed by atoms with Crippen molar-refractivity contribution in [1.29, 1.82) is 0 Å². The molecule has 0 aromatic carbocycles. The molecule has 3 nitrogen and oxygen atoms in total. The number of hydrogen-bond donors (Lipinski definition) is 1. The van der Waals surface area contributed by atoms with Crippen molar-refractivity contribution < 1.29 is 4.79 Å². The Hall–Kier alpha value is -0.570. The second-order valence-electron chi connectivity index (χ2n) is 6.66. The van der Waals surface area contributed by atoms with Gasteiger partial charge in [0.25, 0.3) is 0 Å². The lowest BCUT2D eigenvalue weighted by Gasteiger charge is -2.40. The molecule has 0 aromatic rings. The van der Waals surface area contributed by atoms with Crippen LogP contribution in [0.5, 0.6) is 0 Å². The second kappa shape index (κ2) is 5.60. The van der Waals surface area contributed by atoms with Gasteiger partial charge in [0.15, 0.2) is 0 Å². The van der Waals surface area contributed by atoms with E-state index in [0.717, 1.165) is 44.6 Å². The third-order valence-corrected chi connectivity index (χ3v) is 5.03. The number of rotatable bonds is 1. The van der Waals surface area contributed by atoms with E-state index in [-0.39, 0.29) is 12.0 Å². The standard InChI is InChI=1S/C15H28N2O/c1-10-6-7-17(12(3)8-10)15(18)13-5-4-11(2)14(16)9-13/h10-14H,4-9,16H2,1-3H3. The molecule has 1 heterocycles. The molecule has 1 saturated heterocycles. The van der Waals surface area contributed by atoms with Crippen LogP contribution in [0.1, 0.15) is 52.9 Å². The molecule has 18 heavy (non-hydrogen) atoms. The minimum Gasteiger partial charge on any atom is -0.340 e. The molecule has 1 aliphatic heterocycles. The highest BCUT2D eigenvalue weighted by Crippen LogP contribution is 2.31.